The Morgan fingerprint density at radius 1 is 1.15 bits per heavy atom. The molecule has 8 heteroatoms. The summed E-state index contributed by atoms with van der Waals surface area (Å²) in [5.41, 5.74) is 3.45. The zero-order valence-corrected chi connectivity index (χ0v) is 20.8. The number of esters is 1. The number of nitrogens with one attached hydrogen (secondary N) is 1. The van der Waals surface area contributed by atoms with E-state index in [-0.39, 0.29) is 25.0 Å². The molecular weight excluding hydrogens is 470 g/mol. The van der Waals surface area contributed by atoms with E-state index in [2.05, 4.69) is 5.32 Å². The molecule has 2 aromatic carbocycles. The third-order valence-electron chi connectivity index (χ3n) is 5.33. The molecule has 0 fully saturated rings. The number of hydrogen-bond acceptors (Lipinski definition) is 6. The number of hydrogen-bond donors (Lipinski definition) is 1. The molecule has 0 radical (unpaired) electrons. The number of carbonyl (C=O) groups excluding carboxylic acids is 2. The van der Waals surface area contributed by atoms with Crippen molar-refractivity contribution >= 4 is 46.1 Å². The van der Waals surface area contributed by atoms with Crippen molar-refractivity contribution in [1.29, 1.82) is 0 Å². The number of aliphatic imine (C=N–C) groups is 1. The van der Waals surface area contributed by atoms with E-state index in [9.17, 15) is 9.59 Å². The number of carbonyl (C=O) groups is 2. The number of amides is 1. The molecule has 0 saturated carbocycles. The fourth-order valence-electron chi connectivity index (χ4n) is 3.99. The zero-order valence-electron chi connectivity index (χ0n) is 19.2. The van der Waals surface area contributed by atoms with E-state index in [0.29, 0.717) is 21.5 Å². The molecule has 1 atom stereocenters. The van der Waals surface area contributed by atoms with Crippen LogP contribution in [0.1, 0.15) is 44.4 Å². The van der Waals surface area contributed by atoms with Crippen molar-refractivity contribution in [3.8, 4) is 0 Å². The topological polar surface area (TPSA) is 71.0 Å². The fraction of sp³-hybridized carbons (Fsp3) is 0.269. The molecule has 1 amide bonds. The van der Waals surface area contributed by atoms with Crippen LogP contribution in [0.4, 0.5) is 0 Å². The fourth-order valence-corrected chi connectivity index (χ4v) is 5.03. The largest absolute Gasteiger partial charge is 0.463 e. The standard InChI is InChI=1S/C26H26ClN3O3S/c1-4-33-25(32)22-23(17-8-6-5-7-9-17)29-26-30(24(22)18-10-12-19(27)13-11-18)20(15-34-26)14-21(31)28-16(2)3/h5-13,15-16,24H,4,14H2,1-3H3,(H,28,31). The second kappa shape index (κ2) is 10.5. The van der Waals surface area contributed by atoms with Gasteiger partial charge in [0.05, 0.1) is 30.3 Å². The Kier molecular flexibility index (Phi) is 7.44. The van der Waals surface area contributed by atoms with Crippen molar-refractivity contribution in [2.24, 2.45) is 4.99 Å². The summed E-state index contributed by atoms with van der Waals surface area (Å²) >= 11 is 7.62. The Hall–Kier alpha value is -3.03. The number of rotatable bonds is 7. The van der Waals surface area contributed by atoms with Gasteiger partial charge in [-0.3, -0.25) is 4.79 Å². The Morgan fingerprint density at radius 3 is 2.50 bits per heavy atom. The quantitative estimate of drug-likeness (QED) is 0.511. The van der Waals surface area contributed by atoms with Crippen molar-refractivity contribution in [3.05, 3.63) is 87.4 Å². The summed E-state index contributed by atoms with van der Waals surface area (Å²) in [7, 11) is 0. The molecule has 6 nitrogen and oxygen atoms in total. The molecule has 2 aromatic rings. The van der Waals surface area contributed by atoms with Crippen LogP contribution in [0.3, 0.4) is 0 Å². The van der Waals surface area contributed by atoms with Crippen LogP contribution in [0.5, 0.6) is 0 Å². The molecule has 2 aliphatic heterocycles. The predicted molar refractivity (Wildman–Crippen MR) is 137 cm³/mol. The molecular formula is C26H26ClN3O3S. The monoisotopic (exact) mass is 495 g/mol. The van der Waals surface area contributed by atoms with Crippen LogP contribution in [0.15, 0.2) is 76.3 Å². The molecule has 1 N–H and O–H groups in total. The number of amidine groups is 1. The van der Waals surface area contributed by atoms with Crippen molar-refractivity contribution in [2.75, 3.05) is 6.61 Å². The van der Waals surface area contributed by atoms with Gasteiger partial charge in [0, 0.05) is 22.3 Å². The Bertz CT molecular complexity index is 1170. The first kappa shape index (κ1) is 24.1. The first-order valence-electron chi connectivity index (χ1n) is 11.1. The third kappa shape index (κ3) is 5.05. The van der Waals surface area contributed by atoms with Crippen LogP contribution in [0.25, 0.3) is 5.70 Å². The lowest BCUT2D eigenvalue weighted by Gasteiger charge is -2.36. The lowest BCUT2D eigenvalue weighted by atomic mass is 9.91. The van der Waals surface area contributed by atoms with Gasteiger partial charge in [-0.1, -0.05) is 65.8 Å². The highest BCUT2D eigenvalue weighted by Crippen LogP contribution is 2.47. The number of halogens is 1. The van der Waals surface area contributed by atoms with Gasteiger partial charge in [0.15, 0.2) is 5.17 Å². The molecule has 4 rings (SSSR count). The maximum absolute atomic E-state index is 13.4. The van der Waals surface area contributed by atoms with Gasteiger partial charge in [-0.15, -0.1) is 0 Å². The molecule has 0 aliphatic carbocycles. The number of fused-ring (bicyclic) bond motifs is 1. The lowest BCUT2D eigenvalue weighted by molar-refractivity contribution is -0.139. The first-order valence-corrected chi connectivity index (χ1v) is 12.4. The Morgan fingerprint density at radius 2 is 1.85 bits per heavy atom. The van der Waals surface area contributed by atoms with Gasteiger partial charge in [-0.2, -0.15) is 0 Å². The summed E-state index contributed by atoms with van der Waals surface area (Å²) < 4.78 is 5.50. The van der Waals surface area contributed by atoms with Crippen molar-refractivity contribution < 1.29 is 14.3 Å². The highest BCUT2D eigenvalue weighted by molar-refractivity contribution is 8.16. The summed E-state index contributed by atoms with van der Waals surface area (Å²) in [5.74, 6) is -0.527. The molecule has 2 heterocycles. The second-order valence-electron chi connectivity index (χ2n) is 8.19. The summed E-state index contributed by atoms with van der Waals surface area (Å²) in [6.45, 7) is 5.87. The molecule has 0 bridgehead atoms. The third-order valence-corrected chi connectivity index (χ3v) is 6.47. The van der Waals surface area contributed by atoms with Crippen molar-refractivity contribution in [1.82, 2.24) is 10.2 Å². The number of ether oxygens (including phenoxy) is 1. The van der Waals surface area contributed by atoms with Gasteiger partial charge in [-0.25, -0.2) is 9.79 Å². The van der Waals surface area contributed by atoms with Crippen LogP contribution < -0.4 is 5.32 Å². The number of nitrogens with zero attached hydrogens (tertiary/aromatic N) is 2. The van der Waals surface area contributed by atoms with Crippen molar-refractivity contribution in [3.63, 3.8) is 0 Å². The summed E-state index contributed by atoms with van der Waals surface area (Å²) in [6.07, 6.45) is 0.172. The van der Waals surface area contributed by atoms with Gasteiger partial charge in [-0.05, 0) is 43.9 Å². The highest BCUT2D eigenvalue weighted by Gasteiger charge is 2.42. The Balaban J connectivity index is 1.86. The number of thioether (sulfide) groups is 1. The maximum Gasteiger partial charge on any atom is 0.338 e. The minimum atomic E-state index is -0.521. The van der Waals surface area contributed by atoms with Crippen LogP contribution in [-0.4, -0.2) is 34.6 Å². The molecule has 0 spiro atoms. The molecule has 0 aromatic heterocycles. The van der Waals surface area contributed by atoms with Gasteiger partial charge < -0.3 is 15.0 Å². The van der Waals surface area contributed by atoms with Gasteiger partial charge in [0.25, 0.3) is 0 Å². The summed E-state index contributed by atoms with van der Waals surface area (Å²) in [4.78, 5) is 32.9. The maximum atomic E-state index is 13.4. The lowest BCUT2D eigenvalue weighted by Crippen LogP contribution is -2.38. The van der Waals surface area contributed by atoms with E-state index in [1.165, 1.54) is 11.8 Å². The van der Waals surface area contributed by atoms with Crippen LogP contribution in [0, 0.1) is 0 Å². The average molecular weight is 496 g/mol. The van der Waals surface area contributed by atoms with Crippen LogP contribution in [-0.2, 0) is 14.3 Å². The van der Waals surface area contributed by atoms with E-state index < -0.39 is 12.0 Å². The van der Waals surface area contributed by atoms with E-state index in [4.69, 9.17) is 21.3 Å². The number of benzene rings is 2. The van der Waals surface area contributed by atoms with Crippen LogP contribution >= 0.6 is 23.4 Å². The van der Waals surface area contributed by atoms with E-state index >= 15 is 0 Å². The molecule has 176 valence electrons. The predicted octanol–water partition coefficient (Wildman–Crippen LogP) is 5.53. The normalized spacial score (nSPS) is 17.3. The zero-order chi connectivity index (χ0) is 24.2. The molecule has 2 aliphatic rings. The average Bonchev–Trinajstić information content (AvgIpc) is 3.21. The van der Waals surface area contributed by atoms with E-state index in [1.54, 1.807) is 19.1 Å². The van der Waals surface area contributed by atoms with Crippen LogP contribution in [0.2, 0.25) is 5.02 Å². The first-order chi connectivity index (χ1) is 16.4. The van der Waals surface area contributed by atoms with Gasteiger partial charge >= 0.3 is 5.97 Å². The minimum Gasteiger partial charge on any atom is -0.463 e. The molecule has 0 saturated heterocycles. The van der Waals surface area contributed by atoms with Crippen molar-refractivity contribution in [2.45, 2.75) is 39.3 Å². The highest BCUT2D eigenvalue weighted by atomic mass is 35.5. The van der Waals surface area contributed by atoms with E-state index in [0.717, 1.165) is 16.8 Å². The molecule has 1 unspecified atom stereocenters. The SMILES string of the molecule is CCOC(=O)C1=C(c2ccccc2)N=C2SC=C(CC(=O)NC(C)C)N2C1c1ccc(Cl)cc1. The van der Waals surface area contributed by atoms with E-state index in [1.807, 2.05) is 66.6 Å². The summed E-state index contributed by atoms with van der Waals surface area (Å²) in [6, 6.07) is 16.5. The van der Waals surface area contributed by atoms with Gasteiger partial charge in [0.1, 0.15) is 0 Å². The molecule has 34 heavy (non-hydrogen) atoms. The smallest absolute Gasteiger partial charge is 0.338 e. The minimum absolute atomic E-state index is 0.0309. The Labute approximate surface area is 208 Å². The second-order valence-corrected chi connectivity index (χ2v) is 9.47. The summed E-state index contributed by atoms with van der Waals surface area (Å²) in [5, 5.41) is 6.17. The van der Waals surface area contributed by atoms with Gasteiger partial charge in [0.2, 0.25) is 5.91 Å².